The van der Waals surface area contributed by atoms with E-state index in [1.165, 1.54) is 35.1 Å². The highest BCUT2D eigenvalue weighted by Crippen LogP contribution is 2.20. The first kappa shape index (κ1) is 30.1. The third kappa shape index (κ3) is 15.8. The van der Waals surface area contributed by atoms with Crippen molar-refractivity contribution >= 4 is 6.79 Å². The number of benzene rings is 2. The second kappa shape index (κ2) is 23.2. The average molecular weight is 420 g/mol. The summed E-state index contributed by atoms with van der Waals surface area (Å²) in [5.74, 6) is 0. The molecule has 0 saturated carbocycles. The minimum Gasteiger partial charge on any atom is -0.400 e. The van der Waals surface area contributed by atoms with Gasteiger partial charge < -0.3 is 25.1 Å². The number of hydrogen-bond donors (Lipinski definition) is 3. The van der Waals surface area contributed by atoms with Crippen LogP contribution in [0.4, 0.5) is 0 Å². The van der Waals surface area contributed by atoms with E-state index in [-0.39, 0.29) is 6.61 Å². The van der Waals surface area contributed by atoms with Crippen LogP contribution in [-0.2, 0) is 16.1 Å². The highest BCUT2D eigenvalue weighted by Gasteiger charge is 1.98. The fourth-order valence-corrected chi connectivity index (χ4v) is 2.44. The number of aliphatic hydroxyl groups excluding tert-OH is 2. The standard InChI is InChI=1S/C18H23NO.C5H12O.CH4O.CH2O/c1-15-4-8-17(9-5-15)18-10-6-16(7-11-18)14-19-12-2-3-13-20;1-3-4-5-6-2;2*1-2/h4-11,19-20H,2-3,12-14H2,1H3;3-5H2,1-2H3;2H,1H3;1H2. The van der Waals surface area contributed by atoms with Gasteiger partial charge in [0.15, 0.2) is 0 Å². The smallest absolute Gasteiger partial charge is 0.106 e. The Hall–Kier alpha value is -2.05. The molecule has 0 bridgehead atoms. The van der Waals surface area contributed by atoms with Crippen molar-refractivity contribution in [1.82, 2.24) is 5.32 Å². The molecule has 0 aromatic heterocycles. The number of unbranched alkanes of at least 4 members (excludes halogenated alkanes) is 2. The third-order valence-corrected chi connectivity index (χ3v) is 4.13. The second-order valence-corrected chi connectivity index (χ2v) is 6.52. The highest BCUT2D eigenvalue weighted by atomic mass is 16.5. The van der Waals surface area contributed by atoms with E-state index in [1.807, 2.05) is 6.79 Å². The van der Waals surface area contributed by atoms with Crippen LogP contribution >= 0.6 is 0 Å². The number of rotatable bonds is 10. The predicted molar refractivity (Wildman–Crippen MR) is 127 cm³/mol. The van der Waals surface area contributed by atoms with Crippen LogP contribution in [-0.4, -0.2) is 51.0 Å². The summed E-state index contributed by atoms with van der Waals surface area (Å²) in [6.07, 6.45) is 4.32. The maximum absolute atomic E-state index is 8.71. The van der Waals surface area contributed by atoms with Gasteiger partial charge in [-0.15, -0.1) is 0 Å². The van der Waals surface area contributed by atoms with Crippen LogP contribution in [0.25, 0.3) is 11.1 Å². The number of carbonyl (C=O) groups is 1. The predicted octanol–water partition coefficient (Wildman–Crippen LogP) is 4.38. The molecule has 0 aliphatic carbocycles. The number of methoxy groups -OCH3 is 1. The van der Waals surface area contributed by atoms with Crippen molar-refractivity contribution < 1.29 is 19.7 Å². The summed E-state index contributed by atoms with van der Waals surface area (Å²) in [4.78, 5) is 8.00. The monoisotopic (exact) mass is 419 g/mol. The van der Waals surface area contributed by atoms with E-state index in [0.717, 1.165) is 39.6 Å². The summed E-state index contributed by atoms with van der Waals surface area (Å²) in [5.41, 5.74) is 5.11. The van der Waals surface area contributed by atoms with E-state index in [0.29, 0.717) is 0 Å². The minimum atomic E-state index is 0.285. The molecule has 2 rings (SSSR count). The van der Waals surface area contributed by atoms with Crippen LogP contribution in [0.1, 0.15) is 43.7 Å². The molecule has 0 unspecified atom stereocenters. The Labute approximate surface area is 183 Å². The van der Waals surface area contributed by atoms with Gasteiger partial charge in [-0.1, -0.05) is 67.4 Å². The van der Waals surface area contributed by atoms with Crippen molar-refractivity contribution in [1.29, 1.82) is 0 Å². The van der Waals surface area contributed by atoms with Gasteiger partial charge in [-0.3, -0.25) is 0 Å². The topological polar surface area (TPSA) is 78.8 Å². The van der Waals surface area contributed by atoms with Crippen molar-refractivity contribution in [3.8, 4) is 11.1 Å². The maximum Gasteiger partial charge on any atom is 0.106 e. The Kier molecular flexibility index (Phi) is 23.3. The van der Waals surface area contributed by atoms with Gasteiger partial charge >= 0.3 is 0 Å². The first-order valence-electron chi connectivity index (χ1n) is 10.4. The van der Waals surface area contributed by atoms with E-state index in [9.17, 15) is 0 Å². The molecule has 0 aliphatic heterocycles. The number of aryl methyl sites for hydroxylation is 1. The minimum absolute atomic E-state index is 0.285. The number of hydrogen-bond acceptors (Lipinski definition) is 5. The Morgan fingerprint density at radius 2 is 1.43 bits per heavy atom. The van der Waals surface area contributed by atoms with Crippen molar-refractivity contribution in [2.45, 2.75) is 46.1 Å². The quantitative estimate of drug-likeness (QED) is 0.498. The zero-order valence-corrected chi connectivity index (χ0v) is 19.2. The first-order valence-corrected chi connectivity index (χ1v) is 10.4. The Bertz CT molecular complexity index is 581. The Morgan fingerprint density at radius 3 is 1.87 bits per heavy atom. The SMILES string of the molecule is C=O.CCCCOC.CO.Cc1ccc(-c2ccc(CNCCCCO)cc2)cc1. The van der Waals surface area contributed by atoms with E-state index >= 15 is 0 Å². The van der Waals surface area contributed by atoms with Gasteiger partial charge in [0, 0.05) is 34.0 Å². The molecule has 0 heterocycles. The third-order valence-electron chi connectivity index (χ3n) is 4.13. The molecule has 0 amide bonds. The molecular weight excluding hydrogens is 378 g/mol. The van der Waals surface area contributed by atoms with Crippen molar-refractivity contribution in [2.75, 3.05) is 34.0 Å². The summed E-state index contributed by atoms with van der Waals surface area (Å²) in [6.45, 7) is 9.30. The summed E-state index contributed by atoms with van der Waals surface area (Å²) < 4.78 is 4.78. The molecule has 2 aromatic rings. The summed E-state index contributed by atoms with van der Waals surface area (Å²) in [6, 6.07) is 17.3. The normalized spacial score (nSPS) is 9.27. The fourth-order valence-electron chi connectivity index (χ4n) is 2.44. The zero-order valence-electron chi connectivity index (χ0n) is 19.2. The lowest BCUT2D eigenvalue weighted by Crippen LogP contribution is -2.14. The molecule has 0 aliphatic rings. The molecular formula is C25H41NO4. The van der Waals surface area contributed by atoms with Crippen LogP contribution in [0, 0.1) is 6.92 Å². The summed E-state index contributed by atoms with van der Waals surface area (Å²) in [5, 5.41) is 19.1. The fraction of sp³-hybridized carbons (Fsp3) is 0.480. The van der Waals surface area contributed by atoms with Gasteiger partial charge in [0.2, 0.25) is 0 Å². The molecule has 0 radical (unpaired) electrons. The summed E-state index contributed by atoms with van der Waals surface area (Å²) in [7, 11) is 2.73. The molecule has 3 N–H and O–H groups in total. The lowest BCUT2D eigenvalue weighted by atomic mass is 10.0. The van der Waals surface area contributed by atoms with Gasteiger partial charge in [-0.25, -0.2) is 0 Å². The second-order valence-electron chi connectivity index (χ2n) is 6.52. The van der Waals surface area contributed by atoms with Crippen molar-refractivity contribution in [3.63, 3.8) is 0 Å². The summed E-state index contributed by atoms with van der Waals surface area (Å²) >= 11 is 0. The van der Waals surface area contributed by atoms with Gasteiger partial charge in [0.05, 0.1) is 0 Å². The Morgan fingerprint density at radius 1 is 0.900 bits per heavy atom. The van der Waals surface area contributed by atoms with Crippen LogP contribution in [0.2, 0.25) is 0 Å². The Balaban J connectivity index is 0. The molecule has 5 heteroatoms. The van der Waals surface area contributed by atoms with E-state index in [1.54, 1.807) is 7.11 Å². The van der Waals surface area contributed by atoms with Crippen molar-refractivity contribution in [2.24, 2.45) is 0 Å². The maximum atomic E-state index is 8.71. The van der Waals surface area contributed by atoms with E-state index in [4.69, 9.17) is 19.7 Å². The number of aliphatic hydroxyl groups is 2. The zero-order chi connectivity index (χ0) is 23.0. The number of carbonyl (C=O) groups excluding carboxylic acids is 1. The van der Waals surface area contributed by atoms with Crippen LogP contribution in [0.5, 0.6) is 0 Å². The van der Waals surface area contributed by atoms with Crippen molar-refractivity contribution in [3.05, 3.63) is 59.7 Å². The molecule has 0 atom stereocenters. The van der Waals surface area contributed by atoms with Gasteiger partial charge in [0.1, 0.15) is 6.79 Å². The molecule has 2 aromatic carbocycles. The largest absolute Gasteiger partial charge is 0.400 e. The van der Waals surface area contributed by atoms with Gasteiger partial charge in [-0.05, 0) is 49.4 Å². The van der Waals surface area contributed by atoms with Crippen LogP contribution in [0.15, 0.2) is 48.5 Å². The van der Waals surface area contributed by atoms with Gasteiger partial charge in [-0.2, -0.15) is 0 Å². The highest BCUT2D eigenvalue weighted by molar-refractivity contribution is 5.63. The number of nitrogens with one attached hydrogen (secondary N) is 1. The molecule has 5 nitrogen and oxygen atoms in total. The first-order chi connectivity index (χ1) is 14.7. The average Bonchev–Trinajstić information content (AvgIpc) is 2.81. The molecule has 30 heavy (non-hydrogen) atoms. The molecule has 0 fully saturated rings. The van der Waals surface area contributed by atoms with Crippen LogP contribution in [0.3, 0.4) is 0 Å². The lowest BCUT2D eigenvalue weighted by molar-refractivity contribution is -0.0979. The molecule has 0 saturated heterocycles. The number of ether oxygens (including phenoxy) is 1. The van der Waals surface area contributed by atoms with E-state index in [2.05, 4.69) is 67.7 Å². The van der Waals surface area contributed by atoms with Crippen LogP contribution < -0.4 is 5.32 Å². The van der Waals surface area contributed by atoms with E-state index < -0.39 is 0 Å². The lowest BCUT2D eigenvalue weighted by Gasteiger charge is -2.06. The van der Waals surface area contributed by atoms with Gasteiger partial charge in [0.25, 0.3) is 0 Å². The molecule has 0 spiro atoms. The molecule has 170 valence electrons.